The van der Waals surface area contributed by atoms with Gasteiger partial charge in [-0.1, -0.05) is 23.7 Å². The number of aromatic nitrogens is 4. The summed E-state index contributed by atoms with van der Waals surface area (Å²) in [6.07, 6.45) is 6.83. The quantitative estimate of drug-likeness (QED) is 0.470. The van der Waals surface area contributed by atoms with Crippen molar-refractivity contribution in [1.29, 1.82) is 0 Å². The van der Waals surface area contributed by atoms with Crippen molar-refractivity contribution in [3.8, 4) is 5.95 Å². The minimum atomic E-state index is -0.226. The zero-order chi connectivity index (χ0) is 26.5. The molecule has 2 aliphatic heterocycles. The van der Waals surface area contributed by atoms with Gasteiger partial charge in [0.1, 0.15) is 12.1 Å². The predicted molar refractivity (Wildman–Crippen MR) is 143 cm³/mol. The van der Waals surface area contributed by atoms with Crippen molar-refractivity contribution in [2.24, 2.45) is 5.92 Å². The van der Waals surface area contributed by atoms with E-state index in [1.54, 1.807) is 23.3 Å². The molecule has 2 aromatic heterocycles. The highest BCUT2D eigenvalue weighted by Crippen LogP contribution is 2.25. The van der Waals surface area contributed by atoms with Crippen LogP contribution in [0, 0.1) is 12.8 Å². The number of hydrogen-bond acceptors (Lipinski definition) is 7. The maximum atomic E-state index is 13.2. The van der Waals surface area contributed by atoms with Crippen LogP contribution < -0.4 is 10.2 Å². The van der Waals surface area contributed by atoms with Crippen LogP contribution in [0.4, 0.5) is 5.82 Å². The number of rotatable bonds is 8. The van der Waals surface area contributed by atoms with Crippen molar-refractivity contribution >= 4 is 29.2 Å². The van der Waals surface area contributed by atoms with Crippen LogP contribution in [-0.4, -0.2) is 81.7 Å². The second kappa shape index (κ2) is 11.9. The summed E-state index contributed by atoms with van der Waals surface area (Å²) >= 11 is 5.97. The fourth-order valence-corrected chi connectivity index (χ4v) is 5.11. The van der Waals surface area contributed by atoms with Gasteiger partial charge in [0.15, 0.2) is 0 Å². The second-order valence-corrected chi connectivity index (χ2v) is 10.2. The van der Waals surface area contributed by atoms with Gasteiger partial charge in [0.05, 0.1) is 18.6 Å². The van der Waals surface area contributed by atoms with Crippen molar-refractivity contribution in [1.82, 2.24) is 29.7 Å². The molecule has 2 aliphatic rings. The smallest absolute Gasteiger partial charge is 0.237 e. The van der Waals surface area contributed by atoms with Crippen molar-refractivity contribution in [3.63, 3.8) is 0 Å². The number of ether oxygens (including phenoxy) is 1. The van der Waals surface area contributed by atoms with Gasteiger partial charge in [0.2, 0.25) is 17.8 Å². The van der Waals surface area contributed by atoms with Gasteiger partial charge in [-0.3, -0.25) is 14.2 Å². The number of nitrogens with zero attached hydrogens (tertiary/aromatic N) is 6. The first-order chi connectivity index (χ1) is 18.5. The molecule has 2 fully saturated rings. The minimum absolute atomic E-state index is 0.0620. The van der Waals surface area contributed by atoms with E-state index in [0.29, 0.717) is 56.8 Å². The van der Waals surface area contributed by atoms with Gasteiger partial charge in [-0.15, -0.1) is 0 Å². The van der Waals surface area contributed by atoms with Crippen LogP contribution in [0.2, 0.25) is 5.02 Å². The molecule has 2 atom stereocenters. The van der Waals surface area contributed by atoms with Gasteiger partial charge in [-0.2, -0.15) is 4.98 Å². The van der Waals surface area contributed by atoms with Gasteiger partial charge in [0, 0.05) is 68.4 Å². The summed E-state index contributed by atoms with van der Waals surface area (Å²) in [4.78, 5) is 43.7. The normalized spacial score (nSPS) is 19.5. The van der Waals surface area contributed by atoms with Crippen LogP contribution >= 0.6 is 11.6 Å². The van der Waals surface area contributed by atoms with E-state index in [9.17, 15) is 9.59 Å². The first-order valence-electron chi connectivity index (χ1n) is 12.9. The van der Waals surface area contributed by atoms with E-state index in [1.807, 2.05) is 42.2 Å². The Morgan fingerprint density at radius 2 is 2.03 bits per heavy atom. The summed E-state index contributed by atoms with van der Waals surface area (Å²) in [6, 6.07) is 9.32. The number of nitrogens with one attached hydrogen (secondary N) is 1. The summed E-state index contributed by atoms with van der Waals surface area (Å²) in [5.74, 6) is 1.19. The van der Waals surface area contributed by atoms with Crippen molar-refractivity contribution < 1.29 is 14.3 Å². The Morgan fingerprint density at radius 3 is 2.76 bits per heavy atom. The maximum absolute atomic E-state index is 13.2. The first-order valence-corrected chi connectivity index (χ1v) is 13.3. The zero-order valence-electron chi connectivity index (χ0n) is 21.4. The van der Waals surface area contributed by atoms with Crippen LogP contribution in [-0.2, 0) is 20.7 Å². The molecule has 2 saturated heterocycles. The molecule has 0 radical (unpaired) electrons. The number of piperazine rings is 1. The highest BCUT2D eigenvalue weighted by molar-refractivity contribution is 6.30. The Balaban J connectivity index is 1.30. The van der Waals surface area contributed by atoms with Crippen LogP contribution in [0.15, 0.2) is 49.1 Å². The second-order valence-electron chi connectivity index (χ2n) is 9.76. The highest BCUT2D eigenvalue weighted by atomic mass is 35.5. The van der Waals surface area contributed by atoms with Gasteiger partial charge >= 0.3 is 0 Å². The van der Waals surface area contributed by atoms with E-state index >= 15 is 0 Å². The maximum Gasteiger partial charge on any atom is 0.237 e. The zero-order valence-corrected chi connectivity index (χ0v) is 22.2. The number of carbonyl (C=O) groups is 2. The number of benzene rings is 1. The lowest BCUT2D eigenvalue weighted by atomic mass is 10.0. The summed E-state index contributed by atoms with van der Waals surface area (Å²) in [5, 5.41) is 3.73. The Hall–Kier alpha value is -3.50. The van der Waals surface area contributed by atoms with Crippen molar-refractivity contribution in [2.75, 3.05) is 44.3 Å². The van der Waals surface area contributed by atoms with Gasteiger partial charge in [-0.05, 0) is 37.5 Å². The summed E-state index contributed by atoms with van der Waals surface area (Å²) in [5.41, 5.74) is 1.92. The molecule has 0 aliphatic carbocycles. The van der Waals surface area contributed by atoms with Crippen LogP contribution in [0.3, 0.4) is 0 Å². The number of anilines is 1. The lowest BCUT2D eigenvalue weighted by Gasteiger charge is -2.42. The third kappa shape index (κ3) is 6.31. The van der Waals surface area contributed by atoms with Gasteiger partial charge < -0.3 is 19.9 Å². The number of halogens is 1. The molecule has 200 valence electrons. The van der Waals surface area contributed by atoms with Gasteiger partial charge in [-0.25, -0.2) is 9.97 Å². The molecular weight excluding hydrogens is 506 g/mol. The number of hydrogen-bond donors (Lipinski definition) is 1. The van der Waals surface area contributed by atoms with Crippen LogP contribution in [0.25, 0.3) is 5.95 Å². The van der Waals surface area contributed by atoms with E-state index in [4.69, 9.17) is 21.3 Å². The van der Waals surface area contributed by atoms with E-state index < -0.39 is 0 Å². The molecule has 1 N–H and O–H groups in total. The fourth-order valence-electron chi connectivity index (χ4n) is 4.98. The van der Waals surface area contributed by atoms with Gasteiger partial charge in [0.25, 0.3) is 0 Å². The SMILES string of the molecule is Cc1cc(N2CCN(C(=O)C3CCOC3)CC2CC(=O)NCCc2ccc(Cl)cc2)nc(-n2ccnc2)n1. The molecule has 5 rings (SSSR count). The van der Waals surface area contributed by atoms with Crippen molar-refractivity contribution in [3.05, 3.63) is 65.3 Å². The summed E-state index contributed by atoms with van der Waals surface area (Å²) in [7, 11) is 0. The predicted octanol–water partition coefficient (Wildman–Crippen LogP) is 2.43. The average Bonchev–Trinajstić information content (AvgIpc) is 3.64. The number of amides is 2. The third-order valence-corrected chi connectivity index (χ3v) is 7.25. The Kier molecular flexibility index (Phi) is 8.19. The molecule has 2 unspecified atom stereocenters. The Morgan fingerprint density at radius 1 is 1.18 bits per heavy atom. The molecule has 1 aromatic carbocycles. The lowest BCUT2D eigenvalue weighted by Crippen LogP contribution is -2.57. The number of carbonyl (C=O) groups excluding carboxylic acids is 2. The summed E-state index contributed by atoms with van der Waals surface area (Å²) in [6.45, 7) is 5.11. The third-order valence-electron chi connectivity index (χ3n) is 7.00. The van der Waals surface area contributed by atoms with E-state index in [0.717, 1.165) is 23.5 Å². The van der Waals surface area contributed by atoms with E-state index in [2.05, 4.69) is 20.2 Å². The first kappa shape index (κ1) is 26.1. The standard InChI is InChI=1S/C27H32ClN7O3/c1-19-14-24(32-27(31-19)34-10-9-29-18-34)35-12-11-33(26(37)21-7-13-38-17-21)16-23(35)15-25(36)30-8-6-20-2-4-22(28)5-3-20/h2-5,9-10,14,18,21,23H,6-8,11-13,15-17H2,1H3,(H,30,36). The molecule has 2 amide bonds. The molecule has 10 nitrogen and oxygen atoms in total. The van der Waals surface area contributed by atoms with E-state index in [1.165, 1.54) is 0 Å². The average molecular weight is 538 g/mol. The molecule has 0 bridgehead atoms. The van der Waals surface area contributed by atoms with Crippen LogP contribution in [0.5, 0.6) is 0 Å². The molecule has 0 spiro atoms. The molecule has 0 saturated carbocycles. The molecule has 4 heterocycles. The molecule has 38 heavy (non-hydrogen) atoms. The number of imidazole rings is 1. The molecule has 3 aromatic rings. The highest BCUT2D eigenvalue weighted by Gasteiger charge is 2.35. The number of aryl methyl sites for hydroxylation is 1. The van der Waals surface area contributed by atoms with Crippen molar-refractivity contribution in [2.45, 2.75) is 32.2 Å². The summed E-state index contributed by atoms with van der Waals surface area (Å²) < 4.78 is 7.20. The fraction of sp³-hybridized carbons (Fsp3) is 0.444. The Labute approximate surface area is 227 Å². The topological polar surface area (TPSA) is 105 Å². The lowest BCUT2D eigenvalue weighted by molar-refractivity contribution is -0.137. The van der Waals surface area contributed by atoms with E-state index in [-0.39, 0.29) is 30.2 Å². The van der Waals surface area contributed by atoms with Crippen LogP contribution in [0.1, 0.15) is 24.1 Å². The largest absolute Gasteiger partial charge is 0.381 e. The molecular formula is C27H32ClN7O3. The molecule has 11 heteroatoms. The monoisotopic (exact) mass is 537 g/mol. The minimum Gasteiger partial charge on any atom is -0.381 e. The Bertz CT molecular complexity index is 1250.